The van der Waals surface area contributed by atoms with Crippen LogP contribution in [0.5, 0.6) is 0 Å². The summed E-state index contributed by atoms with van der Waals surface area (Å²) in [6, 6.07) is -0.141. The first kappa shape index (κ1) is 14.4. The molecule has 0 bridgehead atoms. The van der Waals surface area contributed by atoms with Crippen LogP contribution in [0.3, 0.4) is 0 Å². The normalized spacial score (nSPS) is 15.0. The molecule has 0 saturated carbocycles. The van der Waals surface area contributed by atoms with E-state index in [1.54, 1.807) is 9.58 Å². The molecule has 0 aromatic carbocycles. The minimum absolute atomic E-state index is 0.0860. The van der Waals surface area contributed by atoms with Gasteiger partial charge in [-0.3, -0.25) is 9.48 Å². The Morgan fingerprint density at radius 2 is 2.20 bits per heavy atom. The number of rotatable bonds is 5. The lowest BCUT2D eigenvalue weighted by molar-refractivity contribution is -0.139. The number of aryl methyl sites for hydroxylation is 2. The average Bonchev–Trinajstić information content (AvgIpc) is 2.70. The molecule has 2 heterocycles. The number of nitrogens with zero attached hydrogens (tertiary/aromatic N) is 3. The van der Waals surface area contributed by atoms with E-state index in [9.17, 15) is 9.59 Å². The first-order chi connectivity index (χ1) is 9.49. The van der Waals surface area contributed by atoms with Gasteiger partial charge in [-0.05, 0) is 6.42 Å². The van der Waals surface area contributed by atoms with Crippen LogP contribution < -0.4 is 5.32 Å². The van der Waals surface area contributed by atoms with Crippen LogP contribution in [-0.4, -0.2) is 44.9 Å². The summed E-state index contributed by atoms with van der Waals surface area (Å²) >= 11 is 0. The Kier molecular flexibility index (Phi) is 4.26. The van der Waals surface area contributed by atoms with E-state index in [-0.39, 0.29) is 18.4 Å². The number of likely N-dealkylation sites (tertiary alicyclic amines) is 1. The van der Waals surface area contributed by atoms with Gasteiger partial charge >= 0.3 is 12.0 Å². The fraction of sp³-hybridized carbons (Fsp3) is 0.615. The van der Waals surface area contributed by atoms with Crippen molar-refractivity contribution in [3.63, 3.8) is 0 Å². The quantitative estimate of drug-likeness (QED) is 0.826. The van der Waals surface area contributed by atoms with Crippen molar-refractivity contribution in [2.45, 2.75) is 26.3 Å². The van der Waals surface area contributed by atoms with Gasteiger partial charge in [-0.2, -0.15) is 5.10 Å². The SMILES string of the molecule is CCc1nn(C)cc1CNC(=O)N1CC(CC(=O)O)C1. The Morgan fingerprint density at radius 3 is 2.80 bits per heavy atom. The Balaban J connectivity index is 1.77. The van der Waals surface area contributed by atoms with Gasteiger partial charge in [-0.25, -0.2) is 4.79 Å². The second-order valence-corrected chi connectivity index (χ2v) is 5.16. The second kappa shape index (κ2) is 5.94. The van der Waals surface area contributed by atoms with Gasteiger partial charge in [0.15, 0.2) is 0 Å². The van der Waals surface area contributed by atoms with Crippen LogP contribution in [0.25, 0.3) is 0 Å². The molecule has 1 aliphatic rings. The van der Waals surface area contributed by atoms with Crippen LogP contribution in [0, 0.1) is 5.92 Å². The molecule has 1 aromatic rings. The Hall–Kier alpha value is -2.05. The molecule has 0 unspecified atom stereocenters. The number of hydrogen-bond acceptors (Lipinski definition) is 3. The third kappa shape index (κ3) is 3.28. The monoisotopic (exact) mass is 280 g/mol. The number of nitrogens with one attached hydrogen (secondary N) is 1. The number of hydrogen-bond donors (Lipinski definition) is 2. The summed E-state index contributed by atoms with van der Waals surface area (Å²) in [4.78, 5) is 24.0. The predicted octanol–water partition coefficient (Wildman–Crippen LogP) is 0.599. The Bertz CT molecular complexity index is 506. The largest absolute Gasteiger partial charge is 0.481 e. The Morgan fingerprint density at radius 1 is 1.50 bits per heavy atom. The van der Waals surface area contributed by atoms with Crippen LogP contribution in [0.15, 0.2) is 6.20 Å². The highest BCUT2D eigenvalue weighted by Crippen LogP contribution is 2.19. The van der Waals surface area contributed by atoms with E-state index < -0.39 is 5.97 Å². The molecule has 7 heteroatoms. The molecule has 0 spiro atoms. The van der Waals surface area contributed by atoms with Crippen molar-refractivity contribution in [3.05, 3.63) is 17.5 Å². The van der Waals surface area contributed by atoms with Gasteiger partial charge in [0.1, 0.15) is 0 Å². The highest BCUT2D eigenvalue weighted by atomic mass is 16.4. The zero-order valence-corrected chi connectivity index (χ0v) is 11.8. The van der Waals surface area contributed by atoms with Crippen molar-refractivity contribution in [2.24, 2.45) is 13.0 Å². The zero-order valence-electron chi connectivity index (χ0n) is 11.8. The van der Waals surface area contributed by atoms with Crippen molar-refractivity contribution in [1.29, 1.82) is 0 Å². The zero-order chi connectivity index (χ0) is 14.7. The molecule has 2 amide bonds. The summed E-state index contributed by atoms with van der Waals surface area (Å²) < 4.78 is 1.74. The lowest BCUT2D eigenvalue weighted by Crippen LogP contribution is -2.54. The summed E-state index contributed by atoms with van der Waals surface area (Å²) in [6.07, 6.45) is 2.87. The van der Waals surface area contributed by atoms with Gasteiger partial charge in [0.2, 0.25) is 0 Å². The maximum absolute atomic E-state index is 11.9. The lowest BCUT2D eigenvalue weighted by atomic mass is 9.97. The number of urea groups is 1. The first-order valence-electron chi connectivity index (χ1n) is 6.75. The Labute approximate surface area is 117 Å². The topological polar surface area (TPSA) is 87.5 Å². The molecule has 0 aliphatic carbocycles. The second-order valence-electron chi connectivity index (χ2n) is 5.16. The van der Waals surface area contributed by atoms with Crippen LogP contribution in [0.2, 0.25) is 0 Å². The maximum Gasteiger partial charge on any atom is 0.317 e. The van der Waals surface area contributed by atoms with E-state index in [0.29, 0.717) is 19.6 Å². The molecular weight excluding hydrogens is 260 g/mol. The van der Waals surface area contributed by atoms with E-state index in [2.05, 4.69) is 10.4 Å². The summed E-state index contributed by atoms with van der Waals surface area (Å²) in [6.45, 7) is 3.52. The first-order valence-corrected chi connectivity index (χ1v) is 6.75. The number of amides is 2. The molecule has 2 rings (SSSR count). The minimum atomic E-state index is -0.807. The van der Waals surface area contributed by atoms with E-state index in [4.69, 9.17) is 5.11 Å². The molecule has 2 N–H and O–H groups in total. The van der Waals surface area contributed by atoms with Crippen molar-refractivity contribution >= 4 is 12.0 Å². The van der Waals surface area contributed by atoms with Crippen molar-refractivity contribution in [2.75, 3.05) is 13.1 Å². The summed E-state index contributed by atoms with van der Waals surface area (Å²) in [5.74, 6) is -0.721. The predicted molar refractivity (Wildman–Crippen MR) is 72.1 cm³/mol. The van der Waals surface area contributed by atoms with E-state index >= 15 is 0 Å². The van der Waals surface area contributed by atoms with Crippen molar-refractivity contribution < 1.29 is 14.7 Å². The van der Waals surface area contributed by atoms with Gasteiger partial charge in [-0.15, -0.1) is 0 Å². The maximum atomic E-state index is 11.9. The molecule has 7 nitrogen and oxygen atoms in total. The van der Waals surface area contributed by atoms with Crippen LogP contribution in [0.4, 0.5) is 4.79 Å². The summed E-state index contributed by atoms with van der Waals surface area (Å²) in [5.41, 5.74) is 2.01. The molecule has 20 heavy (non-hydrogen) atoms. The van der Waals surface area contributed by atoms with Gasteiger partial charge in [0.25, 0.3) is 0 Å². The van der Waals surface area contributed by atoms with Crippen molar-refractivity contribution in [1.82, 2.24) is 20.0 Å². The average molecular weight is 280 g/mol. The third-order valence-corrected chi connectivity index (χ3v) is 3.46. The number of aromatic nitrogens is 2. The van der Waals surface area contributed by atoms with E-state index in [1.807, 2.05) is 20.2 Å². The molecule has 0 atom stereocenters. The molecule has 1 saturated heterocycles. The number of carboxylic acid groups (broad SMARTS) is 1. The van der Waals surface area contributed by atoms with Gasteiger partial charge in [-0.1, -0.05) is 6.92 Å². The number of carboxylic acids is 1. The molecule has 110 valence electrons. The third-order valence-electron chi connectivity index (χ3n) is 3.46. The van der Waals surface area contributed by atoms with E-state index in [0.717, 1.165) is 17.7 Å². The highest BCUT2D eigenvalue weighted by molar-refractivity contribution is 5.75. The van der Waals surface area contributed by atoms with Crippen LogP contribution >= 0.6 is 0 Å². The number of carbonyl (C=O) groups excluding carboxylic acids is 1. The van der Waals surface area contributed by atoms with Crippen LogP contribution in [-0.2, 0) is 24.8 Å². The van der Waals surface area contributed by atoms with Crippen LogP contribution in [0.1, 0.15) is 24.6 Å². The lowest BCUT2D eigenvalue weighted by Gasteiger charge is -2.38. The minimum Gasteiger partial charge on any atom is -0.481 e. The molecule has 1 aromatic heterocycles. The molecule has 1 aliphatic heterocycles. The summed E-state index contributed by atoms with van der Waals surface area (Å²) in [7, 11) is 1.86. The van der Waals surface area contributed by atoms with Gasteiger partial charge in [0.05, 0.1) is 12.1 Å². The fourth-order valence-corrected chi connectivity index (χ4v) is 2.42. The smallest absolute Gasteiger partial charge is 0.317 e. The number of carbonyl (C=O) groups is 2. The summed E-state index contributed by atoms with van der Waals surface area (Å²) in [5, 5.41) is 15.8. The van der Waals surface area contributed by atoms with Crippen molar-refractivity contribution in [3.8, 4) is 0 Å². The number of aliphatic carboxylic acids is 1. The standard InChI is InChI=1S/C13H20N4O3/c1-3-11-10(8-16(2)15-11)5-14-13(20)17-6-9(7-17)4-12(18)19/h8-9H,3-7H2,1-2H3,(H,14,20)(H,18,19). The van der Waals surface area contributed by atoms with E-state index in [1.165, 1.54) is 0 Å². The molecule has 0 radical (unpaired) electrons. The fourth-order valence-electron chi connectivity index (χ4n) is 2.42. The van der Waals surface area contributed by atoms with Gasteiger partial charge in [0, 0.05) is 44.4 Å². The molecular formula is C13H20N4O3. The molecule has 1 fully saturated rings. The van der Waals surface area contributed by atoms with Gasteiger partial charge < -0.3 is 15.3 Å². The highest BCUT2D eigenvalue weighted by Gasteiger charge is 2.31.